The quantitative estimate of drug-likeness (QED) is 0.0390. The minimum Gasteiger partial charge on any atom is -0.305 e. The molecule has 1 radical (unpaired) electrons. The number of halogens is 15. The summed E-state index contributed by atoms with van der Waals surface area (Å²) in [5, 5.41) is 62.1. The average Bonchev–Trinajstić information content (AvgIpc) is 1.16. The van der Waals surface area contributed by atoms with Crippen LogP contribution in [0.2, 0.25) is 0 Å². The van der Waals surface area contributed by atoms with E-state index in [0.717, 1.165) is 138 Å². The largest absolute Gasteiger partial charge is 3.00 e. The van der Waals surface area contributed by atoms with Gasteiger partial charge in [-0.3, -0.25) is 32.3 Å². The predicted molar refractivity (Wildman–Crippen MR) is 502 cm³/mol. The molecule has 0 atom stereocenters. The van der Waals surface area contributed by atoms with Gasteiger partial charge >= 0.3 is 134 Å². The van der Waals surface area contributed by atoms with Crippen molar-refractivity contribution >= 4 is 31.0 Å². The van der Waals surface area contributed by atoms with Crippen LogP contribution in [0.4, 0.5) is 59.1 Å². The Bertz CT molecular complexity index is 6290. The fourth-order valence-corrected chi connectivity index (χ4v) is 11.1. The third-order valence-corrected chi connectivity index (χ3v) is 16.6. The fourth-order valence-electron chi connectivity index (χ4n) is 11.1. The number of hydrogen-bond donors (Lipinski definition) is 1. The summed E-state index contributed by atoms with van der Waals surface area (Å²) in [4.78, 5) is 36.1. The Morgan fingerprint density at radius 3 is 0.875 bits per heavy atom. The van der Waals surface area contributed by atoms with Gasteiger partial charge in [-0.2, -0.15) is 46.9 Å². The smallest absolute Gasteiger partial charge is 0.305 e. The molecule has 144 heavy (non-hydrogen) atoms. The van der Waals surface area contributed by atoms with Crippen molar-refractivity contribution < 1.29 is 147 Å². The Kier molecular flexibility index (Phi) is 50.6. The number of pyridine rings is 6. The van der Waals surface area contributed by atoms with Gasteiger partial charge in [0.15, 0.2) is 29.1 Å². The van der Waals surface area contributed by atoms with Gasteiger partial charge in [-0.05, 0) is 211 Å². The van der Waals surface area contributed by atoms with Gasteiger partial charge in [-0.25, -0.2) is 28.7 Å². The number of carbonyl (C=O) groups excluding carboxylic acids is 1. The number of aliphatic hydroxyl groups excluding tert-OH is 1. The molecule has 14 heterocycles. The number of benzene rings is 4. The van der Waals surface area contributed by atoms with E-state index >= 15 is 0 Å². The van der Waals surface area contributed by atoms with Gasteiger partial charge in [0.1, 0.15) is 0 Å². The maximum absolute atomic E-state index is 13.2. The molecule has 18 rings (SSSR count). The molecule has 0 unspecified atom stereocenters. The van der Waals surface area contributed by atoms with Gasteiger partial charge in [0.2, 0.25) is 0 Å². The minimum atomic E-state index is -10.7. The number of aromatic nitrogens is 22. The molecule has 0 aliphatic rings. The Labute approximate surface area is 875 Å². The molecule has 27 nitrogen and oxygen atoms in total. The van der Waals surface area contributed by atoms with Gasteiger partial charge in [-0.1, -0.05) is 74.0 Å². The fraction of sp³-hybridized carbons (Fsp3) is 0.125. The zero-order chi connectivity index (χ0) is 105. The number of hydrogen-bond acceptors (Lipinski definition) is 19. The molecule has 759 valence electrons. The van der Waals surface area contributed by atoms with E-state index in [1.54, 1.807) is 64.9 Å². The number of carbonyl (C=O) groups is 1. The Balaban J connectivity index is 0.000000544. The van der Waals surface area contributed by atoms with Crippen LogP contribution >= 0.6 is 25.2 Å². The predicted octanol–water partition coefficient (Wildman–Crippen LogP) is 25.8. The summed E-state index contributed by atoms with van der Waals surface area (Å²) in [7, 11) is -16.7. The third kappa shape index (κ3) is 49.1. The van der Waals surface area contributed by atoms with E-state index in [4.69, 9.17) is 40.6 Å². The number of ketones is 1. The first-order valence-corrected chi connectivity index (χ1v) is 47.4. The average molecular weight is 2750 g/mol. The molecule has 48 heteroatoms. The molecular formula is C96H85ClF14Ir4N25O2P2-2. The normalized spacial score (nSPS) is 11.1. The molecule has 0 amide bonds. The van der Waals surface area contributed by atoms with Crippen molar-refractivity contribution in [2.24, 2.45) is 0 Å². The van der Waals surface area contributed by atoms with Crippen molar-refractivity contribution in [3.8, 4) is 79.8 Å². The topological polar surface area (TPSA) is 329 Å². The van der Waals surface area contributed by atoms with E-state index in [2.05, 4.69) is 111 Å². The van der Waals surface area contributed by atoms with E-state index in [0.29, 0.717) is 5.69 Å². The van der Waals surface area contributed by atoms with E-state index in [-0.39, 0.29) is 77.4 Å². The van der Waals surface area contributed by atoms with E-state index in [1.165, 1.54) is 37.8 Å². The molecule has 0 aliphatic carbocycles. The van der Waals surface area contributed by atoms with Gasteiger partial charge in [0.05, 0.1) is 51.3 Å². The molecule has 0 fully saturated rings. The van der Waals surface area contributed by atoms with Crippen molar-refractivity contribution in [3.63, 3.8) is 0 Å². The molecule has 1 N–H and O–H groups in total. The maximum atomic E-state index is 13.2. The molecule has 0 spiro atoms. The van der Waals surface area contributed by atoms with Crippen LogP contribution in [0.25, 0.3) is 79.8 Å². The number of aryl methyl sites for hydroxylation is 10. The summed E-state index contributed by atoms with van der Waals surface area (Å²) in [6.45, 7) is 36.7. The first kappa shape index (κ1) is 126. The monoisotopic (exact) mass is 2750 g/mol. The molecule has 0 saturated heterocycles. The maximum Gasteiger partial charge on any atom is 3.00 e. The van der Waals surface area contributed by atoms with E-state index < -0.39 is 27.3 Å². The van der Waals surface area contributed by atoms with Crippen LogP contribution in [0.5, 0.6) is 0 Å². The number of rotatable bonds is 12. The summed E-state index contributed by atoms with van der Waals surface area (Å²) >= 11 is 1.47. The second-order valence-electron chi connectivity index (χ2n) is 28.5. The molecule has 18 aromatic rings. The van der Waals surface area contributed by atoms with Gasteiger partial charge in [0.25, 0.3) is 0 Å². The van der Waals surface area contributed by atoms with Gasteiger partial charge in [-0.15, -0.1) is 108 Å². The van der Waals surface area contributed by atoms with Crippen molar-refractivity contribution in [2.45, 2.75) is 83.1 Å². The van der Waals surface area contributed by atoms with Crippen LogP contribution in [-0.2, 0) is 83.0 Å². The van der Waals surface area contributed by atoms with Gasteiger partial charge < -0.3 is 60.5 Å². The van der Waals surface area contributed by atoms with Crippen LogP contribution < -0.4 is 0 Å². The zero-order valence-corrected chi connectivity index (χ0v) is 89.8. The second kappa shape index (κ2) is 57.9. The van der Waals surface area contributed by atoms with Crippen LogP contribution in [-0.4, -0.2) is 119 Å². The summed E-state index contributed by atoms with van der Waals surface area (Å²) in [5.74, 6) is 1.79. The number of nitrogens with zero attached hydrogens (tertiary/aromatic N) is 25. The Morgan fingerprint density at radius 1 is 0.368 bits per heavy atom. The summed E-state index contributed by atoms with van der Waals surface area (Å²) < 4.78 is 158. The third-order valence-electron chi connectivity index (χ3n) is 16.6. The second-order valence-corrected chi connectivity index (χ2v) is 32.3. The van der Waals surface area contributed by atoms with Crippen LogP contribution in [0.1, 0.15) is 70.8 Å². The van der Waals surface area contributed by atoms with E-state index in [1.807, 2.05) is 316 Å². The van der Waals surface area contributed by atoms with Crippen molar-refractivity contribution in [3.05, 3.63) is 417 Å². The minimum absolute atomic E-state index is 0. The van der Waals surface area contributed by atoms with Crippen LogP contribution in [0.3, 0.4) is 0 Å². The summed E-state index contributed by atoms with van der Waals surface area (Å²) in [6, 6.07) is 83.0. The first-order valence-electron chi connectivity index (χ1n) is 40.4. The molecule has 14 aromatic heterocycles. The molecular weight excluding hydrogens is 2670 g/mol. The van der Waals surface area contributed by atoms with Crippen molar-refractivity contribution in [2.75, 3.05) is 0 Å². The van der Waals surface area contributed by atoms with Crippen molar-refractivity contribution in [1.29, 1.82) is 15.8 Å². The number of allylic oxidation sites excluding steroid dienone is 2. The number of aliphatic hydroxyl groups is 1. The summed E-state index contributed by atoms with van der Waals surface area (Å²) in [5.41, 5.74) is 17.8. The molecule has 0 saturated carbocycles. The molecule has 0 aliphatic heterocycles. The zero-order valence-electron chi connectivity index (χ0n) is 77.6. The van der Waals surface area contributed by atoms with E-state index in [9.17, 15) is 63.9 Å². The molecule has 0 bridgehead atoms. The van der Waals surface area contributed by atoms with Gasteiger partial charge in [0, 0.05) is 106 Å². The van der Waals surface area contributed by atoms with Crippen molar-refractivity contribution in [1.82, 2.24) is 108 Å². The summed E-state index contributed by atoms with van der Waals surface area (Å²) in [6.07, 6.45) is 21.6. The Morgan fingerprint density at radius 2 is 0.639 bits per heavy atom. The SMILES string of the molecule is CC(=O)C=C(C)O.Cc1ccn(-c2[c-]c(-n3ccc(C)n3)c(C)nc2C)n1.Cc1ccn(-c2[c-]c(-n3ccc(C)n3)ccc2)n1.Cc1ccn(-c2cccc(-n3ccc(C)n3)n2)n1.Cc1ccn(-c2cccc(-n3ccc(C)n3)n2)n1.F[P-](F)(F)(F)(F)F.F[P-](F)(F)(F)(F)F.Fc1c[c-]c(-c2ccccn2)c(F)c1.[C-]#N.[C-]#N.[C-]#N.[Cl][Ir+2].[Ir+3].[Ir+3].[Ir].[c-]1ccccc1-c1ccccn1.[c-]1ccccc1-c1ccccn1. The Hall–Kier alpha value is -14.1. The first-order chi connectivity index (χ1) is 66.4. The molecule has 4 aromatic carbocycles. The van der Waals surface area contributed by atoms with Crippen LogP contribution in [0, 0.1) is 147 Å². The van der Waals surface area contributed by atoms with Crippen LogP contribution in [0.15, 0.2) is 298 Å². The standard InChI is InChI=1S/C15H16N5.C14H13N4.2C13H13N5.C11H6F2N.2C11H8N.C5H8O2.3CN.ClH.2F6P.4Ir/c1-10-5-7-19(17-10)14-9-15(13(4)16-12(14)3)20-8-6-11(2)18-20;1-11-6-8-17(15-11)13-4-3-5-14(10-13)18-9-7-12(2)16-18;2*1-10-6-8-17(15-10)12-4-3-5-13(14-12)18-9-7-11(2)16-18;12-8-4-5-9(10(13)7-8)11-3-1-2-6-14-11;2*1-2-6-10(7-3-1)11-8-4-5-9-12-11;1-4(6)3-5(2)7;3*1-2;;2*1-7(2,3,4,5)6;;;;/h5-8H,1-4H3;3*3-9H,1-2H3;1-4,6-7H;2*1-6,8-9H;3,6H,1-2H3;;;;1H;;;;;;/q2*-1;;;3*-1;;3*-1;;2*-1;;3*+3/p-1.